The molecule has 1 saturated heterocycles. The number of H-pyrrole nitrogens is 2. The molecule has 0 spiro atoms. The van der Waals surface area contributed by atoms with Crippen molar-refractivity contribution in [2.24, 2.45) is 0 Å². The molecule has 31 heavy (non-hydrogen) atoms. The van der Waals surface area contributed by atoms with Crippen LogP contribution in [-0.4, -0.2) is 62.6 Å². The quantitative estimate of drug-likeness (QED) is 0.463. The predicted octanol–water partition coefficient (Wildman–Crippen LogP) is 0.707. The third kappa shape index (κ3) is 5.04. The molecule has 0 saturated carbocycles. The van der Waals surface area contributed by atoms with E-state index in [0.29, 0.717) is 18.5 Å². The second-order valence-corrected chi connectivity index (χ2v) is 9.30. The molecule has 10 heteroatoms. The SMILES string of the molecule is O=c1[nH]c(=O)c2cc(S(=O)(=O)NCCCN3CCN(c4ccccc4)CC3)ccc2[nH]1. The highest BCUT2D eigenvalue weighted by atomic mass is 32.2. The largest absolute Gasteiger partial charge is 0.369 e. The topological polar surface area (TPSA) is 118 Å². The maximum atomic E-state index is 12.6. The zero-order valence-corrected chi connectivity index (χ0v) is 17.8. The summed E-state index contributed by atoms with van der Waals surface area (Å²) in [6.45, 7) is 4.89. The highest BCUT2D eigenvalue weighted by Crippen LogP contribution is 2.16. The summed E-state index contributed by atoms with van der Waals surface area (Å²) in [6, 6.07) is 14.4. The molecule has 0 amide bonds. The standard InChI is InChI=1S/C21H25N5O4S/c27-20-18-15-17(7-8-19(18)23-21(28)24-20)31(29,30)22-9-4-10-25-11-13-26(14-12-25)16-5-2-1-3-6-16/h1-3,5-8,15,22H,4,9-14H2,(H2,23,24,27,28). The number of sulfonamides is 1. The monoisotopic (exact) mass is 443 g/mol. The first kappa shape index (κ1) is 21.3. The number of benzene rings is 2. The number of hydrogen-bond acceptors (Lipinski definition) is 6. The van der Waals surface area contributed by atoms with E-state index in [9.17, 15) is 18.0 Å². The van der Waals surface area contributed by atoms with Crippen LogP contribution in [0.25, 0.3) is 10.9 Å². The average Bonchev–Trinajstić information content (AvgIpc) is 2.77. The molecule has 1 aliphatic rings. The van der Waals surface area contributed by atoms with Crippen LogP contribution in [0.2, 0.25) is 0 Å². The molecule has 0 atom stereocenters. The van der Waals surface area contributed by atoms with Gasteiger partial charge >= 0.3 is 5.69 Å². The molecule has 2 heterocycles. The van der Waals surface area contributed by atoms with E-state index in [-0.39, 0.29) is 10.3 Å². The van der Waals surface area contributed by atoms with E-state index in [0.717, 1.165) is 32.7 Å². The first-order chi connectivity index (χ1) is 14.9. The molecule has 0 radical (unpaired) electrons. The first-order valence-electron chi connectivity index (χ1n) is 10.2. The van der Waals surface area contributed by atoms with Crippen LogP contribution in [-0.2, 0) is 10.0 Å². The van der Waals surface area contributed by atoms with E-state index in [2.05, 4.69) is 36.6 Å². The van der Waals surface area contributed by atoms with Crippen molar-refractivity contribution in [3.8, 4) is 0 Å². The van der Waals surface area contributed by atoms with Gasteiger partial charge in [-0.1, -0.05) is 18.2 Å². The molecule has 4 rings (SSSR count). The average molecular weight is 444 g/mol. The number of para-hydroxylation sites is 1. The number of nitrogens with zero attached hydrogens (tertiary/aromatic N) is 2. The molecule has 3 aromatic rings. The summed E-state index contributed by atoms with van der Waals surface area (Å²) in [6.07, 6.45) is 0.687. The Kier molecular flexibility index (Phi) is 6.21. The van der Waals surface area contributed by atoms with E-state index in [1.807, 2.05) is 18.2 Å². The van der Waals surface area contributed by atoms with Crippen LogP contribution in [0.3, 0.4) is 0 Å². The van der Waals surface area contributed by atoms with Crippen LogP contribution in [0.1, 0.15) is 6.42 Å². The zero-order valence-electron chi connectivity index (χ0n) is 17.0. The predicted molar refractivity (Wildman–Crippen MR) is 120 cm³/mol. The van der Waals surface area contributed by atoms with Crippen molar-refractivity contribution in [1.29, 1.82) is 0 Å². The lowest BCUT2D eigenvalue weighted by Gasteiger charge is -2.36. The number of rotatable bonds is 7. The minimum atomic E-state index is -3.75. The fourth-order valence-electron chi connectivity index (χ4n) is 3.77. The van der Waals surface area contributed by atoms with E-state index in [1.165, 1.54) is 23.9 Å². The summed E-state index contributed by atoms with van der Waals surface area (Å²) >= 11 is 0. The Morgan fingerprint density at radius 3 is 2.42 bits per heavy atom. The van der Waals surface area contributed by atoms with Crippen molar-refractivity contribution in [3.63, 3.8) is 0 Å². The second-order valence-electron chi connectivity index (χ2n) is 7.53. The van der Waals surface area contributed by atoms with Gasteiger partial charge in [0.1, 0.15) is 0 Å². The number of fused-ring (bicyclic) bond motifs is 1. The molecule has 1 aliphatic heterocycles. The van der Waals surface area contributed by atoms with Gasteiger partial charge in [-0.05, 0) is 43.3 Å². The second kappa shape index (κ2) is 9.04. The van der Waals surface area contributed by atoms with Gasteiger partial charge in [0.2, 0.25) is 10.0 Å². The fourth-order valence-corrected chi connectivity index (χ4v) is 4.87. The van der Waals surface area contributed by atoms with Crippen LogP contribution >= 0.6 is 0 Å². The Morgan fingerprint density at radius 2 is 1.68 bits per heavy atom. The van der Waals surface area contributed by atoms with Crippen molar-refractivity contribution < 1.29 is 8.42 Å². The van der Waals surface area contributed by atoms with Crippen molar-refractivity contribution in [2.45, 2.75) is 11.3 Å². The third-order valence-corrected chi connectivity index (χ3v) is 6.92. The zero-order chi connectivity index (χ0) is 21.8. The summed E-state index contributed by atoms with van der Waals surface area (Å²) < 4.78 is 27.8. The number of piperazine rings is 1. The third-order valence-electron chi connectivity index (χ3n) is 5.46. The Hall–Kier alpha value is -2.95. The van der Waals surface area contributed by atoms with Crippen LogP contribution in [0.5, 0.6) is 0 Å². The van der Waals surface area contributed by atoms with Gasteiger partial charge in [-0.3, -0.25) is 14.7 Å². The molecular formula is C21H25N5O4S. The molecule has 3 N–H and O–H groups in total. The highest BCUT2D eigenvalue weighted by molar-refractivity contribution is 7.89. The van der Waals surface area contributed by atoms with Crippen molar-refractivity contribution >= 4 is 26.6 Å². The lowest BCUT2D eigenvalue weighted by Crippen LogP contribution is -2.47. The Balaban J connectivity index is 1.28. The number of hydrogen-bond donors (Lipinski definition) is 3. The Bertz CT molecular complexity index is 1260. The minimum absolute atomic E-state index is 0.00553. The van der Waals surface area contributed by atoms with Gasteiger partial charge in [-0.25, -0.2) is 17.9 Å². The highest BCUT2D eigenvalue weighted by Gasteiger charge is 2.18. The molecule has 164 valence electrons. The van der Waals surface area contributed by atoms with Gasteiger partial charge in [0, 0.05) is 38.4 Å². The lowest BCUT2D eigenvalue weighted by atomic mass is 10.2. The maximum absolute atomic E-state index is 12.6. The number of nitrogens with one attached hydrogen (secondary N) is 3. The number of aromatic nitrogens is 2. The summed E-state index contributed by atoms with van der Waals surface area (Å²) in [7, 11) is -3.75. The summed E-state index contributed by atoms with van der Waals surface area (Å²) in [4.78, 5) is 32.5. The molecule has 0 aliphatic carbocycles. The maximum Gasteiger partial charge on any atom is 0.326 e. The molecule has 1 aromatic heterocycles. The van der Waals surface area contributed by atoms with Crippen molar-refractivity contribution in [1.82, 2.24) is 19.6 Å². The Labute approximate surface area is 179 Å². The first-order valence-corrected chi connectivity index (χ1v) is 11.7. The van der Waals surface area contributed by atoms with E-state index in [1.54, 1.807) is 0 Å². The van der Waals surface area contributed by atoms with E-state index < -0.39 is 21.3 Å². The van der Waals surface area contributed by atoms with Gasteiger partial charge < -0.3 is 9.88 Å². The van der Waals surface area contributed by atoms with Gasteiger partial charge in [-0.15, -0.1) is 0 Å². The van der Waals surface area contributed by atoms with Crippen LogP contribution < -0.4 is 20.9 Å². The normalized spacial score (nSPS) is 15.4. The van der Waals surface area contributed by atoms with Crippen LogP contribution in [0.4, 0.5) is 5.69 Å². The van der Waals surface area contributed by atoms with Gasteiger partial charge in [0.15, 0.2) is 0 Å². The lowest BCUT2D eigenvalue weighted by molar-refractivity contribution is 0.255. The number of aromatic amines is 2. The van der Waals surface area contributed by atoms with Crippen LogP contribution in [0, 0.1) is 0 Å². The summed E-state index contributed by atoms with van der Waals surface area (Å²) in [5.41, 5.74) is 0.275. The van der Waals surface area contributed by atoms with Gasteiger partial charge in [0.25, 0.3) is 5.56 Å². The van der Waals surface area contributed by atoms with Crippen molar-refractivity contribution in [2.75, 3.05) is 44.2 Å². The molecule has 9 nitrogen and oxygen atoms in total. The van der Waals surface area contributed by atoms with Crippen molar-refractivity contribution in [3.05, 3.63) is 69.4 Å². The Morgan fingerprint density at radius 1 is 0.935 bits per heavy atom. The molecule has 1 fully saturated rings. The van der Waals surface area contributed by atoms with Gasteiger partial charge in [-0.2, -0.15) is 0 Å². The smallest absolute Gasteiger partial charge is 0.326 e. The fraction of sp³-hybridized carbons (Fsp3) is 0.333. The number of anilines is 1. The van der Waals surface area contributed by atoms with E-state index in [4.69, 9.17) is 0 Å². The summed E-state index contributed by atoms with van der Waals surface area (Å²) in [5, 5.41) is 0.124. The molecule has 0 bridgehead atoms. The van der Waals surface area contributed by atoms with Gasteiger partial charge in [0.05, 0.1) is 15.8 Å². The minimum Gasteiger partial charge on any atom is -0.369 e. The molecular weight excluding hydrogens is 418 g/mol. The summed E-state index contributed by atoms with van der Waals surface area (Å²) in [5.74, 6) is 0. The van der Waals surface area contributed by atoms with Crippen LogP contribution in [0.15, 0.2) is 63.0 Å². The molecule has 2 aromatic carbocycles. The van der Waals surface area contributed by atoms with E-state index >= 15 is 0 Å². The molecule has 0 unspecified atom stereocenters.